The number of morpholine rings is 1. The van der Waals surface area contributed by atoms with E-state index in [-0.39, 0.29) is 24.7 Å². The van der Waals surface area contributed by atoms with Crippen molar-refractivity contribution in [1.29, 1.82) is 0 Å². The second-order valence-corrected chi connectivity index (χ2v) is 5.58. The molecule has 21 heavy (non-hydrogen) atoms. The number of ether oxygens (including phenoxy) is 2. The highest BCUT2D eigenvalue weighted by molar-refractivity contribution is 6.30. The number of nitrogens with zero attached hydrogens (tertiary/aromatic N) is 1. The van der Waals surface area contributed by atoms with Crippen LogP contribution in [0.3, 0.4) is 0 Å². The average molecular weight is 312 g/mol. The Morgan fingerprint density at radius 1 is 1.24 bits per heavy atom. The summed E-state index contributed by atoms with van der Waals surface area (Å²) in [5.74, 6) is -0.742. The van der Waals surface area contributed by atoms with Crippen LogP contribution in [0.2, 0.25) is 5.02 Å². The van der Waals surface area contributed by atoms with Crippen molar-refractivity contribution in [3.8, 4) is 0 Å². The number of carbonyl (C=O) groups is 2. The van der Waals surface area contributed by atoms with Crippen LogP contribution in [0.15, 0.2) is 24.3 Å². The quantitative estimate of drug-likeness (QED) is 0.803. The normalized spacial score (nSPS) is 22.0. The molecular formula is C15H18ClNO4. The molecule has 0 aliphatic carbocycles. The molecule has 2 rings (SSSR count). The Bertz CT molecular complexity index is 507. The van der Waals surface area contributed by atoms with Gasteiger partial charge < -0.3 is 14.4 Å². The fraction of sp³-hybridized carbons (Fsp3) is 0.467. The van der Waals surface area contributed by atoms with Gasteiger partial charge in [0.15, 0.2) is 6.61 Å². The minimum atomic E-state index is -0.533. The van der Waals surface area contributed by atoms with Crippen LogP contribution >= 0.6 is 11.6 Å². The summed E-state index contributed by atoms with van der Waals surface area (Å²) in [6, 6.07) is 6.33. The molecule has 5 nitrogen and oxygen atoms in total. The molecule has 1 fully saturated rings. The van der Waals surface area contributed by atoms with Gasteiger partial charge in [0, 0.05) is 18.1 Å². The predicted molar refractivity (Wildman–Crippen MR) is 78.3 cm³/mol. The summed E-state index contributed by atoms with van der Waals surface area (Å²) in [6.07, 6.45) is -0.0191. The average Bonchev–Trinajstić information content (AvgIpc) is 2.44. The first-order chi connectivity index (χ1) is 9.95. The van der Waals surface area contributed by atoms with Gasteiger partial charge in [-0.25, -0.2) is 4.79 Å². The van der Waals surface area contributed by atoms with E-state index in [1.54, 1.807) is 29.2 Å². The Kier molecular flexibility index (Phi) is 5.20. The molecule has 1 aliphatic rings. The van der Waals surface area contributed by atoms with E-state index < -0.39 is 5.97 Å². The summed E-state index contributed by atoms with van der Waals surface area (Å²) in [6.45, 7) is 4.59. The molecule has 114 valence electrons. The zero-order chi connectivity index (χ0) is 15.4. The predicted octanol–water partition coefficient (Wildman–Crippen LogP) is 2.13. The summed E-state index contributed by atoms with van der Waals surface area (Å²) in [5.41, 5.74) is 0.371. The molecular weight excluding hydrogens is 294 g/mol. The second kappa shape index (κ2) is 6.91. The van der Waals surface area contributed by atoms with Gasteiger partial charge in [-0.15, -0.1) is 0 Å². The third-order valence-electron chi connectivity index (χ3n) is 3.18. The molecule has 0 bridgehead atoms. The van der Waals surface area contributed by atoms with Crippen molar-refractivity contribution in [2.24, 2.45) is 0 Å². The van der Waals surface area contributed by atoms with Crippen LogP contribution in [0, 0.1) is 0 Å². The molecule has 1 amide bonds. The SMILES string of the molecule is CC1CN(C(=O)COC(=O)c2ccc(Cl)cc2)CC(C)O1. The highest BCUT2D eigenvalue weighted by Crippen LogP contribution is 2.12. The van der Waals surface area contributed by atoms with Gasteiger partial charge in [0.05, 0.1) is 17.8 Å². The topological polar surface area (TPSA) is 55.8 Å². The number of halogens is 1. The maximum atomic E-state index is 12.1. The molecule has 0 radical (unpaired) electrons. The zero-order valence-corrected chi connectivity index (χ0v) is 12.8. The third-order valence-corrected chi connectivity index (χ3v) is 3.43. The summed E-state index contributed by atoms with van der Waals surface area (Å²) < 4.78 is 10.6. The molecule has 6 heteroatoms. The van der Waals surface area contributed by atoms with Crippen LogP contribution < -0.4 is 0 Å². The van der Waals surface area contributed by atoms with Crippen molar-refractivity contribution in [2.45, 2.75) is 26.1 Å². The lowest BCUT2D eigenvalue weighted by molar-refractivity contribution is -0.146. The van der Waals surface area contributed by atoms with Crippen molar-refractivity contribution in [3.63, 3.8) is 0 Å². The van der Waals surface area contributed by atoms with E-state index in [1.165, 1.54) is 0 Å². The Morgan fingerprint density at radius 2 is 1.81 bits per heavy atom. The van der Waals surface area contributed by atoms with Crippen molar-refractivity contribution in [2.75, 3.05) is 19.7 Å². The van der Waals surface area contributed by atoms with Crippen LogP contribution in [-0.2, 0) is 14.3 Å². The Labute approximate surface area is 128 Å². The summed E-state index contributed by atoms with van der Waals surface area (Å²) in [5, 5.41) is 0.541. The van der Waals surface area contributed by atoms with Crippen molar-refractivity contribution < 1.29 is 19.1 Å². The van der Waals surface area contributed by atoms with Gasteiger partial charge in [0.2, 0.25) is 0 Å². The monoisotopic (exact) mass is 311 g/mol. The molecule has 0 N–H and O–H groups in total. The number of amides is 1. The molecule has 0 spiro atoms. The highest BCUT2D eigenvalue weighted by Gasteiger charge is 2.26. The van der Waals surface area contributed by atoms with Crippen LogP contribution in [0.5, 0.6) is 0 Å². The lowest BCUT2D eigenvalue weighted by Crippen LogP contribution is -2.49. The zero-order valence-electron chi connectivity index (χ0n) is 12.0. The third kappa shape index (κ3) is 4.44. The van der Waals surface area contributed by atoms with Crippen molar-refractivity contribution in [3.05, 3.63) is 34.9 Å². The standard InChI is InChI=1S/C15H18ClNO4/c1-10-7-17(8-11(2)21-10)14(18)9-20-15(19)12-3-5-13(16)6-4-12/h3-6,10-11H,7-9H2,1-2H3. The van der Waals surface area contributed by atoms with E-state index >= 15 is 0 Å². The van der Waals surface area contributed by atoms with E-state index in [9.17, 15) is 9.59 Å². The lowest BCUT2D eigenvalue weighted by Gasteiger charge is -2.35. The Balaban J connectivity index is 1.86. The first-order valence-corrected chi connectivity index (χ1v) is 7.19. The van der Waals surface area contributed by atoms with Gasteiger partial charge in [-0.3, -0.25) is 4.79 Å². The number of hydrogen-bond donors (Lipinski definition) is 0. The minimum Gasteiger partial charge on any atom is -0.452 e. The molecule has 1 heterocycles. The van der Waals surface area contributed by atoms with Crippen LogP contribution in [0.1, 0.15) is 24.2 Å². The number of carbonyl (C=O) groups excluding carboxylic acids is 2. The van der Waals surface area contributed by atoms with E-state index in [0.717, 1.165) is 0 Å². The highest BCUT2D eigenvalue weighted by atomic mass is 35.5. The van der Waals surface area contributed by atoms with Gasteiger partial charge in [-0.2, -0.15) is 0 Å². The molecule has 1 aromatic rings. The van der Waals surface area contributed by atoms with E-state index in [4.69, 9.17) is 21.1 Å². The Morgan fingerprint density at radius 3 is 2.38 bits per heavy atom. The van der Waals surface area contributed by atoms with Crippen molar-refractivity contribution >= 4 is 23.5 Å². The number of hydrogen-bond acceptors (Lipinski definition) is 4. The maximum Gasteiger partial charge on any atom is 0.338 e. The van der Waals surface area contributed by atoms with Crippen LogP contribution in [0.25, 0.3) is 0 Å². The van der Waals surface area contributed by atoms with E-state index in [1.807, 2.05) is 13.8 Å². The molecule has 0 saturated carbocycles. The smallest absolute Gasteiger partial charge is 0.338 e. The lowest BCUT2D eigenvalue weighted by atomic mass is 10.2. The van der Waals surface area contributed by atoms with E-state index in [2.05, 4.69) is 0 Å². The first kappa shape index (κ1) is 15.8. The number of esters is 1. The fourth-order valence-corrected chi connectivity index (χ4v) is 2.40. The van der Waals surface area contributed by atoms with Gasteiger partial charge in [0.1, 0.15) is 0 Å². The van der Waals surface area contributed by atoms with Crippen LogP contribution in [-0.4, -0.2) is 48.7 Å². The molecule has 1 aliphatic heterocycles. The number of benzene rings is 1. The fourth-order valence-electron chi connectivity index (χ4n) is 2.27. The second-order valence-electron chi connectivity index (χ2n) is 5.14. The molecule has 2 unspecified atom stereocenters. The largest absolute Gasteiger partial charge is 0.452 e. The van der Waals surface area contributed by atoms with Gasteiger partial charge in [-0.05, 0) is 38.1 Å². The van der Waals surface area contributed by atoms with Crippen molar-refractivity contribution in [1.82, 2.24) is 4.90 Å². The van der Waals surface area contributed by atoms with Gasteiger partial charge >= 0.3 is 5.97 Å². The molecule has 1 aromatic carbocycles. The van der Waals surface area contributed by atoms with Gasteiger partial charge in [-0.1, -0.05) is 11.6 Å². The number of rotatable bonds is 3. The Hall–Kier alpha value is -1.59. The summed E-state index contributed by atoms with van der Waals surface area (Å²) in [4.78, 5) is 25.5. The molecule has 0 aromatic heterocycles. The molecule has 2 atom stereocenters. The molecule has 1 saturated heterocycles. The maximum absolute atomic E-state index is 12.1. The van der Waals surface area contributed by atoms with Crippen LogP contribution in [0.4, 0.5) is 0 Å². The summed E-state index contributed by atoms with van der Waals surface area (Å²) >= 11 is 5.75. The first-order valence-electron chi connectivity index (χ1n) is 6.81. The van der Waals surface area contributed by atoms with E-state index in [0.29, 0.717) is 23.7 Å². The minimum absolute atomic E-state index is 0.00957. The summed E-state index contributed by atoms with van der Waals surface area (Å²) in [7, 11) is 0. The van der Waals surface area contributed by atoms with Gasteiger partial charge in [0.25, 0.3) is 5.91 Å².